The number of benzene rings is 1. The molecule has 0 spiro atoms. The predicted molar refractivity (Wildman–Crippen MR) is 96.9 cm³/mol. The van der Waals surface area contributed by atoms with Crippen LogP contribution in [-0.2, 0) is 10.3 Å². The second-order valence-corrected chi connectivity index (χ2v) is 5.42. The highest BCUT2D eigenvalue weighted by Gasteiger charge is 2.46. The summed E-state index contributed by atoms with van der Waals surface area (Å²) in [6, 6.07) is 7.93. The van der Waals surface area contributed by atoms with Crippen molar-refractivity contribution >= 4 is 11.9 Å². The van der Waals surface area contributed by atoms with E-state index in [4.69, 9.17) is 9.47 Å². The van der Waals surface area contributed by atoms with Gasteiger partial charge in [0.15, 0.2) is 0 Å². The number of hydrogen-bond donors (Lipinski definition) is 1. The maximum Gasteiger partial charge on any atom is 0.341 e. The van der Waals surface area contributed by atoms with Gasteiger partial charge in [-0.3, -0.25) is 0 Å². The fourth-order valence-electron chi connectivity index (χ4n) is 2.55. The van der Waals surface area contributed by atoms with Gasteiger partial charge in [-0.05, 0) is 25.8 Å². The van der Waals surface area contributed by atoms with E-state index in [0.717, 1.165) is 24.2 Å². The van der Waals surface area contributed by atoms with E-state index >= 15 is 0 Å². The summed E-state index contributed by atoms with van der Waals surface area (Å²) in [5, 5.41) is 3.36. The van der Waals surface area contributed by atoms with Crippen LogP contribution < -0.4 is 10.1 Å². The third-order valence-corrected chi connectivity index (χ3v) is 3.89. The van der Waals surface area contributed by atoms with E-state index < -0.39 is 5.97 Å². The number of methoxy groups -OCH3 is 1. The first-order chi connectivity index (χ1) is 12.2. The number of nitrogens with zero attached hydrogens (tertiary/aromatic N) is 2. The first-order valence-corrected chi connectivity index (χ1v) is 8.59. The van der Waals surface area contributed by atoms with Crippen LogP contribution in [0.5, 0.6) is 5.75 Å². The number of nitrogens with one attached hydrogen (secondary N) is 1. The molecule has 1 saturated carbocycles. The Bertz CT molecular complexity index is 697. The number of carbonyl (C=O) groups excluding carboxylic acids is 1. The second kappa shape index (κ2) is 8.46. The van der Waals surface area contributed by atoms with Crippen LogP contribution in [0.1, 0.15) is 49.5 Å². The maximum atomic E-state index is 11.6. The molecule has 0 atom stereocenters. The van der Waals surface area contributed by atoms with Gasteiger partial charge in [0.1, 0.15) is 5.75 Å². The first kappa shape index (κ1) is 18.7. The third-order valence-electron chi connectivity index (χ3n) is 3.89. The largest absolute Gasteiger partial charge is 0.496 e. The number of aromatic nitrogens is 2. The fraction of sp³-hybridized carbons (Fsp3) is 0.421. The Morgan fingerprint density at radius 3 is 2.40 bits per heavy atom. The monoisotopic (exact) mass is 343 g/mol. The van der Waals surface area contributed by atoms with Crippen LogP contribution in [0.25, 0.3) is 0 Å². The van der Waals surface area contributed by atoms with E-state index in [9.17, 15) is 4.79 Å². The molecule has 1 heterocycles. The zero-order valence-corrected chi connectivity index (χ0v) is 15.2. The maximum absolute atomic E-state index is 11.6. The minimum Gasteiger partial charge on any atom is -0.496 e. The normalized spacial score (nSPS) is 13.9. The van der Waals surface area contributed by atoms with Gasteiger partial charge in [-0.2, -0.15) is 0 Å². The smallest absolute Gasteiger partial charge is 0.341 e. The summed E-state index contributed by atoms with van der Waals surface area (Å²) in [6.07, 6.45) is 4.92. The van der Waals surface area contributed by atoms with Gasteiger partial charge in [-0.1, -0.05) is 32.0 Å². The molecule has 3 rings (SSSR count). The summed E-state index contributed by atoms with van der Waals surface area (Å²) in [6.45, 7) is 6.09. The van der Waals surface area contributed by atoms with Crippen LogP contribution in [0.3, 0.4) is 0 Å². The van der Waals surface area contributed by atoms with Gasteiger partial charge < -0.3 is 14.8 Å². The van der Waals surface area contributed by atoms with Crippen molar-refractivity contribution in [3.63, 3.8) is 0 Å². The average molecular weight is 343 g/mol. The van der Waals surface area contributed by atoms with Crippen molar-refractivity contribution in [2.45, 2.75) is 39.2 Å². The summed E-state index contributed by atoms with van der Waals surface area (Å²) in [5.74, 6) is 0.923. The molecule has 1 fully saturated rings. The number of rotatable bonds is 6. The second-order valence-electron chi connectivity index (χ2n) is 5.42. The lowest BCUT2D eigenvalue weighted by atomic mass is 10.0. The number of para-hydroxylation sites is 1. The molecule has 1 aromatic carbocycles. The van der Waals surface area contributed by atoms with Crippen molar-refractivity contribution < 1.29 is 14.3 Å². The van der Waals surface area contributed by atoms with Crippen LogP contribution in [0.15, 0.2) is 36.7 Å². The van der Waals surface area contributed by atoms with Crippen LogP contribution in [-0.4, -0.2) is 29.7 Å². The van der Waals surface area contributed by atoms with Crippen molar-refractivity contribution in [2.24, 2.45) is 0 Å². The Balaban J connectivity index is 0.00000109. The van der Waals surface area contributed by atoms with Crippen LogP contribution >= 0.6 is 0 Å². The minimum absolute atomic E-state index is 0.196. The quantitative estimate of drug-likeness (QED) is 0.805. The van der Waals surface area contributed by atoms with E-state index in [0.29, 0.717) is 18.1 Å². The molecule has 0 saturated heterocycles. The number of hydrogen-bond acceptors (Lipinski definition) is 6. The van der Waals surface area contributed by atoms with E-state index in [1.807, 2.05) is 38.1 Å². The van der Waals surface area contributed by atoms with Crippen LogP contribution in [0.2, 0.25) is 0 Å². The van der Waals surface area contributed by atoms with E-state index in [2.05, 4.69) is 15.3 Å². The molecule has 2 aromatic rings. The van der Waals surface area contributed by atoms with E-state index in [1.54, 1.807) is 14.0 Å². The van der Waals surface area contributed by atoms with Crippen molar-refractivity contribution in [3.05, 3.63) is 47.8 Å². The number of ether oxygens (including phenoxy) is 2. The van der Waals surface area contributed by atoms with Gasteiger partial charge in [0.2, 0.25) is 5.95 Å². The standard InChI is InChI=1S/C17H19N3O3.C2H6/c1-3-23-15(21)12-10-18-16(19-11-12)20-17(8-9-17)13-6-4-5-7-14(13)22-2;1-2/h4-7,10-11H,3,8-9H2,1-2H3,(H,18,19,20);1-2H3. The minimum atomic E-state index is -0.412. The summed E-state index contributed by atoms with van der Waals surface area (Å²) in [4.78, 5) is 20.1. The van der Waals surface area contributed by atoms with Gasteiger partial charge in [-0.25, -0.2) is 14.8 Å². The Morgan fingerprint density at radius 1 is 1.20 bits per heavy atom. The molecule has 0 aliphatic heterocycles. The predicted octanol–water partition coefficient (Wildman–Crippen LogP) is 3.79. The highest BCUT2D eigenvalue weighted by atomic mass is 16.5. The zero-order chi connectivity index (χ0) is 18.3. The summed E-state index contributed by atoms with van der Waals surface area (Å²) < 4.78 is 10.4. The molecule has 0 radical (unpaired) electrons. The highest BCUT2D eigenvalue weighted by molar-refractivity contribution is 5.88. The molecule has 0 bridgehead atoms. The third kappa shape index (κ3) is 4.26. The molecule has 1 N–H and O–H groups in total. The molecule has 6 nitrogen and oxygen atoms in total. The van der Waals surface area contributed by atoms with Crippen molar-refractivity contribution in [1.82, 2.24) is 9.97 Å². The van der Waals surface area contributed by atoms with Gasteiger partial charge >= 0.3 is 5.97 Å². The Morgan fingerprint density at radius 2 is 1.84 bits per heavy atom. The van der Waals surface area contributed by atoms with Gasteiger partial charge in [0, 0.05) is 18.0 Å². The molecule has 6 heteroatoms. The van der Waals surface area contributed by atoms with Crippen molar-refractivity contribution in [2.75, 3.05) is 19.0 Å². The summed E-state index contributed by atoms with van der Waals surface area (Å²) >= 11 is 0. The van der Waals surface area contributed by atoms with E-state index in [1.165, 1.54) is 12.4 Å². The average Bonchev–Trinajstić information content (AvgIpc) is 3.44. The number of carbonyl (C=O) groups is 1. The van der Waals surface area contributed by atoms with Gasteiger partial charge in [0.05, 0.1) is 24.8 Å². The summed E-state index contributed by atoms with van der Waals surface area (Å²) in [5.41, 5.74) is 1.25. The van der Waals surface area contributed by atoms with Gasteiger partial charge in [-0.15, -0.1) is 0 Å². The molecule has 0 unspecified atom stereocenters. The molecule has 25 heavy (non-hydrogen) atoms. The lowest BCUT2D eigenvalue weighted by Crippen LogP contribution is -2.21. The molecule has 1 aliphatic carbocycles. The van der Waals surface area contributed by atoms with E-state index in [-0.39, 0.29) is 5.54 Å². The molecule has 1 aliphatic rings. The number of anilines is 1. The Labute approximate surface area is 148 Å². The lowest BCUT2D eigenvalue weighted by Gasteiger charge is -2.20. The first-order valence-electron chi connectivity index (χ1n) is 8.59. The Hall–Kier alpha value is -2.63. The van der Waals surface area contributed by atoms with Crippen LogP contribution in [0.4, 0.5) is 5.95 Å². The van der Waals surface area contributed by atoms with Crippen LogP contribution in [0, 0.1) is 0 Å². The fourth-order valence-corrected chi connectivity index (χ4v) is 2.55. The zero-order valence-electron chi connectivity index (χ0n) is 15.2. The molecular weight excluding hydrogens is 318 g/mol. The molecule has 0 amide bonds. The molecular formula is C19H25N3O3. The molecule has 134 valence electrons. The topological polar surface area (TPSA) is 73.3 Å². The van der Waals surface area contributed by atoms with Crippen molar-refractivity contribution in [3.8, 4) is 5.75 Å². The SMILES string of the molecule is CC.CCOC(=O)c1cnc(NC2(c3ccccc3OC)CC2)nc1. The van der Waals surface area contributed by atoms with Crippen molar-refractivity contribution in [1.29, 1.82) is 0 Å². The summed E-state index contributed by atoms with van der Waals surface area (Å²) in [7, 11) is 1.67. The lowest BCUT2D eigenvalue weighted by molar-refractivity contribution is 0.0525. The highest BCUT2D eigenvalue weighted by Crippen LogP contribution is 2.50. The molecule has 1 aromatic heterocycles. The van der Waals surface area contributed by atoms with Gasteiger partial charge in [0.25, 0.3) is 0 Å². The number of esters is 1. The Kier molecular flexibility index (Phi) is 6.33.